The van der Waals surface area contributed by atoms with Crippen LogP contribution in [0, 0.1) is 23.7 Å². The van der Waals surface area contributed by atoms with Gasteiger partial charge in [0.05, 0.1) is 6.10 Å². The second kappa shape index (κ2) is 11.2. The Balaban J connectivity index is 3.84. The Morgan fingerprint density at radius 3 is 2.59 bits per heavy atom. The molecule has 2 atom stereocenters. The number of hydrogen-bond acceptors (Lipinski definition) is 3. The molecule has 3 N–H and O–H groups in total. The molecule has 0 aromatic carbocycles. The number of aliphatic hydroxyl groups is 3. The fourth-order valence-corrected chi connectivity index (χ4v) is 1.02. The lowest BCUT2D eigenvalue weighted by atomic mass is 10.1. The summed E-state index contributed by atoms with van der Waals surface area (Å²) in [6, 6.07) is 0. The molecule has 0 unspecified atom stereocenters. The molecule has 0 amide bonds. The van der Waals surface area contributed by atoms with Crippen LogP contribution in [0.3, 0.4) is 0 Å². The van der Waals surface area contributed by atoms with E-state index < -0.39 is 12.2 Å². The highest BCUT2D eigenvalue weighted by Gasteiger charge is 1.96. The fourth-order valence-electron chi connectivity index (χ4n) is 1.02. The Labute approximate surface area is 103 Å². The van der Waals surface area contributed by atoms with Crippen LogP contribution in [-0.4, -0.2) is 34.1 Å². The minimum atomic E-state index is -0.614. The van der Waals surface area contributed by atoms with Crippen molar-refractivity contribution in [2.45, 2.75) is 44.8 Å². The van der Waals surface area contributed by atoms with Crippen LogP contribution in [0.5, 0.6) is 0 Å². The van der Waals surface area contributed by atoms with Gasteiger partial charge in [0.25, 0.3) is 0 Å². The minimum absolute atomic E-state index is 0.158. The van der Waals surface area contributed by atoms with Crippen LogP contribution in [0.25, 0.3) is 0 Å². The first-order valence-electron chi connectivity index (χ1n) is 5.85. The van der Waals surface area contributed by atoms with Crippen LogP contribution in [-0.2, 0) is 0 Å². The van der Waals surface area contributed by atoms with Crippen molar-refractivity contribution >= 4 is 0 Å². The van der Waals surface area contributed by atoms with Crippen molar-refractivity contribution in [3.63, 3.8) is 0 Å². The number of allylic oxidation sites excluding steroid dienone is 1. The molecular formula is C14H20O3. The summed E-state index contributed by atoms with van der Waals surface area (Å²) in [5, 5.41) is 27.1. The molecule has 3 heteroatoms. The van der Waals surface area contributed by atoms with Gasteiger partial charge in [0.2, 0.25) is 0 Å². The number of aliphatic hydroxyl groups excluding tert-OH is 3. The topological polar surface area (TPSA) is 60.7 Å². The van der Waals surface area contributed by atoms with Crippen LogP contribution >= 0.6 is 0 Å². The third kappa shape index (κ3) is 11.0. The fraction of sp³-hybridized carbons (Fsp3) is 0.571. The monoisotopic (exact) mass is 236 g/mol. The zero-order chi connectivity index (χ0) is 12.9. The van der Waals surface area contributed by atoms with Gasteiger partial charge in [-0.25, -0.2) is 0 Å². The quantitative estimate of drug-likeness (QED) is 0.473. The van der Waals surface area contributed by atoms with Gasteiger partial charge in [0.15, 0.2) is 0 Å². The van der Waals surface area contributed by atoms with Crippen molar-refractivity contribution in [1.29, 1.82) is 0 Å². The van der Waals surface area contributed by atoms with Gasteiger partial charge < -0.3 is 15.3 Å². The van der Waals surface area contributed by atoms with E-state index in [1.807, 2.05) is 6.92 Å². The average Bonchev–Trinajstić information content (AvgIpc) is 2.33. The molecule has 0 saturated heterocycles. The first-order valence-corrected chi connectivity index (χ1v) is 5.85. The standard InChI is InChI=1S/C14H20O3/c1-2-13(16)9-5-3-4-6-10-14(17)11-7-8-12-15/h6,10,13-17H,2,7-8,11-12H2,1H3/b10-6+/t13-,14-/m0/s1. The van der Waals surface area contributed by atoms with Gasteiger partial charge in [-0.15, -0.1) is 0 Å². The lowest BCUT2D eigenvalue weighted by Crippen LogP contribution is -2.01. The van der Waals surface area contributed by atoms with Crippen molar-refractivity contribution in [2.24, 2.45) is 0 Å². The van der Waals surface area contributed by atoms with Crippen molar-refractivity contribution in [1.82, 2.24) is 0 Å². The molecule has 0 aliphatic carbocycles. The lowest BCUT2D eigenvalue weighted by Gasteiger charge is -2.02. The summed E-state index contributed by atoms with van der Waals surface area (Å²) in [4.78, 5) is 0. The van der Waals surface area contributed by atoms with Gasteiger partial charge in [-0.2, -0.15) is 0 Å². The van der Waals surface area contributed by atoms with Gasteiger partial charge in [-0.3, -0.25) is 0 Å². The molecule has 0 fully saturated rings. The van der Waals surface area contributed by atoms with Crippen LogP contribution in [0.1, 0.15) is 32.6 Å². The summed E-state index contributed by atoms with van der Waals surface area (Å²) in [5.41, 5.74) is 0. The molecule has 17 heavy (non-hydrogen) atoms. The van der Waals surface area contributed by atoms with Crippen LogP contribution in [0.4, 0.5) is 0 Å². The van der Waals surface area contributed by atoms with E-state index in [2.05, 4.69) is 23.7 Å². The molecule has 0 spiro atoms. The van der Waals surface area contributed by atoms with Crippen molar-refractivity contribution in [2.75, 3.05) is 6.61 Å². The van der Waals surface area contributed by atoms with E-state index in [-0.39, 0.29) is 6.61 Å². The van der Waals surface area contributed by atoms with E-state index in [4.69, 9.17) is 10.2 Å². The van der Waals surface area contributed by atoms with Crippen molar-refractivity contribution in [3.8, 4) is 23.7 Å². The van der Waals surface area contributed by atoms with Crippen molar-refractivity contribution < 1.29 is 15.3 Å². The summed E-state index contributed by atoms with van der Waals surface area (Å²) in [7, 11) is 0. The smallest absolute Gasteiger partial charge is 0.115 e. The van der Waals surface area contributed by atoms with E-state index >= 15 is 0 Å². The van der Waals surface area contributed by atoms with Gasteiger partial charge in [0, 0.05) is 6.61 Å². The first-order chi connectivity index (χ1) is 8.20. The summed E-state index contributed by atoms with van der Waals surface area (Å²) < 4.78 is 0. The lowest BCUT2D eigenvalue weighted by molar-refractivity contribution is 0.201. The molecule has 0 aromatic heterocycles. The number of rotatable bonds is 6. The van der Waals surface area contributed by atoms with E-state index in [1.165, 1.54) is 0 Å². The molecule has 0 aromatic rings. The Morgan fingerprint density at radius 2 is 1.94 bits per heavy atom. The normalized spacial score (nSPS) is 13.4. The minimum Gasteiger partial charge on any atom is -0.396 e. The summed E-state index contributed by atoms with van der Waals surface area (Å²) in [6.07, 6.45) is 4.73. The van der Waals surface area contributed by atoms with E-state index in [9.17, 15) is 5.11 Å². The van der Waals surface area contributed by atoms with Gasteiger partial charge in [-0.1, -0.05) is 18.8 Å². The maximum Gasteiger partial charge on any atom is 0.115 e. The summed E-state index contributed by atoms with van der Waals surface area (Å²) in [6.45, 7) is 2.00. The number of unbranched alkanes of at least 4 members (excludes halogenated alkanes) is 1. The second-order valence-corrected chi connectivity index (χ2v) is 3.61. The van der Waals surface area contributed by atoms with Crippen LogP contribution < -0.4 is 0 Å². The van der Waals surface area contributed by atoms with Gasteiger partial charge >= 0.3 is 0 Å². The zero-order valence-electron chi connectivity index (χ0n) is 10.2. The molecule has 0 saturated carbocycles. The SMILES string of the molecule is CC[C@H](O)C#CC#C/C=C/[C@H](O)CCCCO. The molecular weight excluding hydrogens is 216 g/mol. The van der Waals surface area contributed by atoms with E-state index in [0.29, 0.717) is 19.3 Å². The van der Waals surface area contributed by atoms with Crippen molar-refractivity contribution in [3.05, 3.63) is 12.2 Å². The largest absolute Gasteiger partial charge is 0.396 e. The van der Waals surface area contributed by atoms with Crippen LogP contribution in [0.2, 0.25) is 0 Å². The summed E-state index contributed by atoms with van der Waals surface area (Å²) >= 11 is 0. The van der Waals surface area contributed by atoms with E-state index in [0.717, 1.165) is 6.42 Å². The first kappa shape index (κ1) is 15.7. The maximum atomic E-state index is 9.45. The molecule has 94 valence electrons. The van der Waals surface area contributed by atoms with E-state index in [1.54, 1.807) is 12.2 Å². The molecule has 0 rings (SSSR count). The predicted octanol–water partition coefficient (Wildman–Crippen LogP) is 0.844. The third-order valence-electron chi connectivity index (χ3n) is 2.07. The molecule has 0 aliphatic heterocycles. The summed E-state index contributed by atoms with van der Waals surface area (Å²) in [5.74, 6) is 10.3. The second-order valence-electron chi connectivity index (χ2n) is 3.61. The Hall–Kier alpha value is -1.26. The molecule has 0 radical (unpaired) electrons. The molecule has 0 aliphatic rings. The average molecular weight is 236 g/mol. The Bertz CT molecular complexity index is 325. The molecule has 0 bridgehead atoms. The highest BCUT2D eigenvalue weighted by Crippen LogP contribution is 2.00. The highest BCUT2D eigenvalue weighted by atomic mass is 16.3. The molecule has 0 heterocycles. The highest BCUT2D eigenvalue weighted by molar-refractivity contribution is 5.31. The van der Waals surface area contributed by atoms with Gasteiger partial charge in [-0.05, 0) is 49.7 Å². The van der Waals surface area contributed by atoms with Gasteiger partial charge in [0.1, 0.15) is 6.10 Å². The maximum absolute atomic E-state index is 9.45. The zero-order valence-corrected chi connectivity index (χ0v) is 10.2. The third-order valence-corrected chi connectivity index (χ3v) is 2.07. The Morgan fingerprint density at radius 1 is 1.18 bits per heavy atom. The Kier molecular flexibility index (Phi) is 10.4. The molecule has 3 nitrogen and oxygen atoms in total. The number of hydrogen-bond donors (Lipinski definition) is 3. The van der Waals surface area contributed by atoms with Crippen LogP contribution in [0.15, 0.2) is 12.2 Å². The predicted molar refractivity (Wildman–Crippen MR) is 67.9 cm³/mol.